The molecule has 3 aromatic rings. The van der Waals surface area contributed by atoms with Crippen LogP contribution in [0.15, 0.2) is 48.5 Å². The number of anilines is 1. The second-order valence-electron chi connectivity index (χ2n) is 6.19. The summed E-state index contributed by atoms with van der Waals surface area (Å²) in [4.78, 5) is 11.9. The lowest BCUT2D eigenvalue weighted by atomic mass is 10.2. The molecule has 1 amide bonds. The molecule has 0 spiro atoms. The quantitative estimate of drug-likeness (QED) is 0.473. The van der Waals surface area contributed by atoms with Crippen molar-refractivity contribution in [1.29, 1.82) is 0 Å². The van der Waals surface area contributed by atoms with E-state index in [1.807, 2.05) is 50.2 Å². The SMILES string of the molecule is Cc1cc(C)n(-c2ccc(NCCNC(=O)/C=C/c3ccccc3Cl)nn2)n1. The van der Waals surface area contributed by atoms with Crippen LogP contribution in [0.1, 0.15) is 17.0 Å². The number of amides is 1. The molecule has 0 saturated heterocycles. The summed E-state index contributed by atoms with van der Waals surface area (Å²) in [5.41, 5.74) is 2.73. The van der Waals surface area contributed by atoms with Crippen molar-refractivity contribution in [1.82, 2.24) is 25.3 Å². The van der Waals surface area contributed by atoms with Gasteiger partial charge in [-0.05, 0) is 49.8 Å². The van der Waals surface area contributed by atoms with E-state index < -0.39 is 0 Å². The smallest absolute Gasteiger partial charge is 0.244 e. The molecule has 0 aliphatic carbocycles. The summed E-state index contributed by atoms with van der Waals surface area (Å²) < 4.78 is 1.75. The number of rotatable bonds is 7. The average Bonchev–Trinajstić information content (AvgIpc) is 3.03. The van der Waals surface area contributed by atoms with Gasteiger partial charge >= 0.3 is 0 Å². The predicted octanol–water partition coefficient (Wildman–Crippen LogP) is 3.17. The minimum atomic E-state index is -0.187. The predicted molar refractivity (Wildman–Crippen MR) is 111 cm³/mol. The number of nitrogens with one attached hydrogen (secondary N) is 2. The maximum atomic E-state index is 11.9. The molecule has 3 rings (SSSR count). The molecule has 0 unspecified atom stereocenters. The van der Waals surface area contributed by atoms with Crippen LogP contribution >= 0.6 is 11.6 Å². The van der Waals surface area contributed by atoms with Gasteiger partial charge < -0.3 is 10.6 Å². The zero-order chi connectivity index (χ0) is 19.9. The summed E-state index contributed by atoms with van der Waals surface area (Å²) in [7, 11) is 0. The molecule has 7 nitrogen and oxygen atoms in total. The lowest BCUT2D eigenvalue weighted by Crippen LogP contribution is -2.27. The van der Waals surface area contributed by atoms with E-state index in [0.29, 0.717) is 29.7 Å². The zero-order valence-electron chi connectivity index (χ0n) is 15.7. The van der Waals surface area contributed by atoms with Crippen LogP contribution in [0.5, 0.6) is 0 Å². The lowest BCUT2D eigenvalue weighted by molar-refractivity contribution is -0.116. The van der Waals surface area contributed by atoms with E-state index in [9.17, 15) is 4.79 Å². The van der Waals surface area contributed by atoms with Crippen LogP contribution in [-0.2, 0) is 4.79 Å². The number of hydrogen-bond donors (Lipinski definition) is 2. The number of nitrogens with zero attached hydrogens (tertiary/aromatic N) is 4. The van der Waals surface area contributed by atoms with Gasteiger partial charge in [0, 0.05) is 29.9 Å². The van der Waals surface area contributed by atoms with Crippen molar-refractivity contribution in [2.75, 3.05) is 18.4 Å². The van der Waals surface area contributed by atoms with E-state index in [2.05, 4.69) is 25.9 Å². The molecule has 0 bridgehead atoms. The molecule has 28 heavy (non-hydrogen) atoms. The molecule has 0 aliphatic rings. The summed E-state index contributed by atoms with van der Waals surface area (Å²) in [6.45, 7) is 4.88. The van der Waals surface area contributed by atoms with E-state index in [1.165, 1.54) is 6.08 Å². The molecule has 2 heterocycles. The van der Waals surface area contributed by atoms with Gasteiger partial charge in [0.25, 0.3) is 0 Å². The first-order valence-electron chi connectivity index (χ1n) is 8.84. The Morgan fingerprint density at radius 1 is 1.14 bits per heavy atom. The van der Waals surface area contributed by atoms with E-state index in [1.54, 1.807) is 16.8 Å². The minimum absolute atomic E-state index is 0.187. The van der Waals surface area contributed by atoms with Gasteiger partial charge in [0.05, 0.1) is 5.69 Å². The van der Waals surface area contributed by atoms with Crippen LogP contribution in [0, 0.1) is 13.8 Å². The van der Waals surface area contributed by atoms with Gasteiger partial charge in [-0.3, -0.25) is 4.79 Å². The van der Waals surface area contributed by atoms with Gasteiger partial charge in [-0.1, -0.05) is 29.8 Å². The number of benzene rings is 1. The highest BCUT2D eigenvalue weighted by Crippen LogP contribution is 2.16. The zero-order valence-corrected chi connectivity index (χ0v) is 16.4. The summed E-state index contributed by atoms with van der Waals surface area (Å²) in [5.74, 6) is 1.10. The Morgan fingerprint density at radius 3 is 2.64 bits per heavy atom. The van der Waals surface area contributed by atoms with E-state index in [0.717, 1.165) is 17.0 Å². The first-order valence-corrected chi connectivity index (χ1v) is 9.22. The fourth-order valence-electron chi connectivity index (χ4n) is 2.60. The van der Waals surface area contributed by atoms with Crippen LogP contribution in [0.4, 0.5) is 5.82 Å². The van der Waals surface area contributed by atoms with Crippen molar-refractivity contribution in [2.45, 2.75) is 13.8 Å². The molecular weight excluding hydrogens is 376 g/mol. The molecule has 0 atom stereocenters. The first-order chi connectivity index (χ1) is 13.5. The number of halogens is 1. The van der Waals surface area contributed by atoms with Gasteiger partial charge in [-0.2, -0.15) is 5.10 Å². The fraction of sp³-hybridized carbons (Fsp3) is 0.200. The highest BCUT2D eigenvalue weighted by molar-refractivity contribution is 6.32. The molecule has 144 valence electrons. The Labute approximate surface area is 168 Å². The topological polar surface area (TPSA) is 84.7 Å². The van der Waals surface area contributed by atoms with Crippen molar-refractivity contribution < 1.29 is 4.79 Å². The van der Waals surface area contributed by atoms with Crippen LogP contribution < -0.4 is 10.6 Å². The van der Waals surface area contributed by atoms with Gasteiger partial charge in [0.2, 0.25) is 5.91 Å². The molecule has 8 heteroatoms. The van der Waals surface area contributed by atoms with E-state index >= 15 is 0 Å². The molecular formula is C20H21ClN6O. The third-order valence-corrected chi connectivity index (χ3v) is 4.27. The molecule has 1 aromatic carbocycles. The van der Waals surface area contributed by atoms with Gasteiger partial charge in [-0.25, -0.2) is 4.68 Å². The highest BCUT2D eigenvalue weighted by Gasteiger charge is 2.05. The Morgan fingerprint density at radius 2 is 1.96 bits per heavy atom. The largest absolute Gasteiger partial charge is 0.367 e. The highest BCUT2D eigenvalue weighted by atomic mass is 35.5. The normalized spacial score (nSPS) is 11.0. The van der Waals surface area contributed by atoms with Gasteiger partial charge in [0.1, 0.15) is 5.82 Å². The standard InChI is InChI=1S/C20H21ClN6O/c1-14-13-15(2)27(26-14)19-9-8-18(24-25-19)22-11-12-23-20(28)10-7-16-5-3-4-6-17(16)21/h3-10,13H,11-12H2,1-2H3,(H,22,24)(H,23,28)/b10-7+. The Kier molecular flexibility index (Phi) is 6.39. The second kappa shape index (κ2) is 9.14. The lowest BCUT2D eigenvalue weighted by Gasteiger charge is -2.07. The minimum Gasteiger partial charge on any atom is -0.367 e. The molecule has 0 radical (unpaired) electrons. The Balaban J connectivity index is 1.44. The number of carbonyl (C=O) groups excluding carboxylic acids is 1. The Bertz CT molecular complexity index is 981. The Hall–Kier alpha value is -3.19. The van der Waals surface area contributed by atoms with Crippen molar-refractivity contribution >= 4 is 29.4 Å². The average molecular weight is 397 g/mol. The third-order valence-electron chi connectivity index (χ3n) is 3.93. The van der Waals surface area contributed by atoms with Crippen molar-refractivity contribution in [3.8, 4) is 5.82 Å². The van der Waals surface area contributed by atoms with Crippen molar-refractivity contribution in [3.05, 3.63) is 70.5 Å². The number of carbonyl (C=O) groups is 1. The maximum absolute atomic E-state index is 11.9. The number of aromatic nitrogens is 4. The number of hydrogen-bond acceptors (Lipinski definition) is 5. The van der Waals surface area contributed by atoms with Crippen molar-refractivity contribution in [2.24, 2.45) is 0 Å². The van der Waals surface area contributed by atoms with Crippen LogP contribution in [0.25, 0.3) is 11.9 Å². The fourth-order valence-corrected chi connectivity index (χ4v) is 2.80. The van der Waals surface area contributed by atoms with E-state index in [4.69, 9.17) is 11.6 Å². The maximum Gasteiger partial charge on any atom is 0.244 e. The third kappa shape index (κ3) is 5.17. The van der Waals surface area contributed by atoms with Gasteiger partial charge in [-0.15, -0.1) is 10.2 Å². The summed E-state index contributed by atoms with van der Waals surface area (Å²) in [6.07, 6.45) is 3.15. The molecule has 2 N–H and O–H groups in total. The van der Waals surface area contributed by atoms with Crippen LogP contribution in [0.2, 0.25) is 5.02 Å². The molecule has 0 fully saturated rings. The first kappa shape index (κ1) is 19.6. The monoisotopic (exact) mass is 396 g/mol. The molecule has 2 aromatic heterocycles. The van der Waals surface area contributed by atoms with Crippen LogP contribution in [0.3, 0.4) is 0 Å². The second-order valence-corrected chi connectivity index (χ2v) is 6.60. The number of aryl methyl sites for hydroxylation is 2. The molecule has 0 aliphatic heterocycles. The van der Waals surface area contributed by atoms with Crippen molar-refractivity contribution in [3.63, 3.8) is 0 Å². The van der Waals surface area contributed by atoms with E-state index in [-0.39, 0.29) is 5.91 Å². The van der Waals surface area contributed by atoms with Crippen LogP contribution in [-0.4, -0.2) is 39.0 Å². The molecule has 0 saturated carbocycles. The summed E-state index contributed by atoms with van der Waals surface area (Å²) >= 11 is 6.05. The summed E-state index contributed by atoms with van der Waals surface area (Å²) in [6, 6.07) is 13.0. The van der Waals surface area contributed by atoms with Gasteiger partial charge in [0.15, 0.2) is 5.82 Å². The summed E-state index contributed by atoms with van der Waals surface area (Å²) in [5, 5.41) is 19.2.